The summed E-state index contributed by atoms with van der Waals surface area (Å²) >= 11 is 0. The molecule has 1 unspecified atom stereocenters. The van der Waals surface area contributed by atoms with E-state index in [1.807, 2.05) is 24.0 Å². The molecule has 1 amide bonds. The van der Waals surface area contributed by atoms with Crippen molar-refractivity contribution in [1.29, 1.82) is 0 Å². The maximum atomic E-state index is 13.0. The third kappa shape index (κ3) is 4.61. The number of ether oxygens (including phenoxy) is 2. The Morgan fingerprint density at radius 1 is 1.23 bits per heavy atom. The van der Waals surface area contributed by atoms with Crippen molar-refractivity contribution in [1.82, 2.24) is 4.90 Å². The maximum absolute atomic E-state index is 13.0. The lowest BCUT2D eigenvalue weighted by Gasteiger charge is -2.24. The van der Waals surface area contributed by atoms with Gasteiger partial charge in [-0.25, -0.2) is 4.39 Å². The number of para-hydroxylation sites is 1. The highest BCUT2D eigenvalue weighted by atomic mass is 19.1. The smallest absolute Gasteiger partial charge is 0.257 e. The summed E-state index contributed by atoms with van der Waals surface area (Å²) < 4.78 is 24.3. The summed E-state index contributed by atoms with van der Waals surface area (Å²) in [6.45, 7) is 5.09. The molecule has 4 nitrogen and oxygen atoms in total. The minimum atomic E-state index is -0.279. The molecule has 26 heavy (non-hydrogen) atoms. The van der Waals surface area contributed by atoms with Crippen LogP contribution in [0, 0.1) is 11.7 Å². The lowest BCUT2D eigenvalue weighted by atomic mass is 10.1. The van der Waals surface area contributed by atoms with E-state index in [1.54, 1.807) is 24.3 Å². The molecule has 3 rings (SSSR count). The second-order valence-electron chi connectivity index (χ2n) is 6.48. The zero-order valence-corrected chi connectivity index (χ0v) is 15.0. The first-order valence-electron chi connectivity index (χ1n) is 9.00. The number of benzene rings is 2. The van der Waals surface area contributed by atoms with E-state index in [9.17, 15) is 9.18 Å². The van der Waals surface area contributed by atoms with Crippen LogP contribution in [0.25, 0.3) is 0 Å². The Morgan fingerprint density at radius 3 is 2.69 bits per heavy atom. The molecule has 0 saturated carbocycles. The molecule has 0 spiro atoms. The monoisotopic (exact) mass is 357 g/mol. The predicted molar refractivity (Wildman–Crippen MR) is 97.7 cm³/mol. The van der Waals surface area contributed by atoms with E-state index in [0.717, 1.165) is 18.6 Å². The minimum absolute atomic E-state index is 0.0332. The zero-order chi connectivity index (χ0) is 18.4. The molecule has 138 valence electrons. The molecule has 1 aliphatic heterocycles. The molecular formula is C21H24FNO3. The van der Waals surface area contributed by atoms with Crippen LogP contribution in [0.5, 0.6) is 5.75 Å². The van der Waals surface area contributed by atoms with Gasteiger partial charge in [-0.2, -0.15) is 0 Å². The quantitative estimate of drug-likeness (QED) is 0.754. The highest BCUT2D eigenvalue weighted by Crippen LogP contribution is 2.23. The zero-order valence-electron chi connectivity index (χ0n) is 15.0. The van der Waals surface area contributed by atoms with Gasteiger partial charge in [0.05, 0.1) is 12.2 Å². The van der Waals surface area contributed by atoms with Gasteiger partial charge in [0.15, 0.2) is 0 Å². The van der Waals surface area contributed by atoms with Crippen molar-refractivity contribution in [2.24, 2.45) is 5.92 Å². The van der Waals surface area contributed by atoms with Gasteiger partial charge < -0.3 is 14.4 Å². The fourth-order valence-corrected chi connectivity index (χ4v) is 3.08. The summed E-state index contributed by atoms with van der Waals surface area (Å²) in [4.78, 5) is 14.8. The van der Waals surface area contributed by atoms with Crippen molar-refractivity contribution in [3.63, 3.8) is 0 Å². The van der Waals surface area contributed by atoms with Crippen LogP contribution in [0.1, 0.15) is 29.3 Å². The Kier molecular flexibility index (Phi) is 6.23. The standard InChI is InChI=1S/C21H24FNO3/c1-2-23(13-17-11-12-25-14-17)21(24)19-5-3-4-6-20(19)26-15-16-7-9-18(22)10-8-16/h3-10,17H,2,11-15H2,1H3. The van der Waals surface area contributed by atoms with Crippen molar-refractivity contribution < 1.29 is 18.7 Å². The van der Waals surface area contributed by atoms with Gasteiger partial charge in [0.25, 0.3) is 5.91 Å². The number of amides is 1. The number of carbonyl (C=O) groups is 1. The fourth-order valence-electron chi connectivity index (χ4n) is 3.08. The van der Waals surface area contributed by atoms with Gasteiger partial charge in [0.1, 0.15) is 18.2 Å². The molecular weight excluding hydrogens is 333 g/mol. The molecule has 0 aromatic heterocycles. The molecule has 0 aliphatic carbocycles. The van der Waals surface area contributed by atoms with E-state index < -0.39 is 0 Å². The third-order valence-corrected chi connectivity index (χ3v) is 4.60. The number of halogens is 1. The molecule has 1 saturated heterocycles. The van der Waals surface area contributed by atoms with Crippen LogP contribution < -0.4 is 4.74 Å². The van der Waals surface area contributed by atoms with Crippen molar-refractivity contribution in [3.05, 3.63) is 65.5 Å². The second-order valence-corrected chi connectivity index (χ2v) is 6.48. The lowest BCUT2D eigenvalue weighted by Crippen LogP contribution is -2.35. The van der Waals surface area contributed by atoms with E-state index in [2.05, 4.69) is 0 Å². The van der Waals surface area contributed by atoms with E-state index >= 15 is 0 Å². The largest absolute Gasteiger partial charge is 0.488 e. The highest BCUT2D eigenvalue weighted by molar-refractivity contribution is 5.96. The summed E-state index contributed by atoms with van der Waals surface area (Å²) in [6, 6.07) is 13.4. The molecule has 2 aromatic carbocycles. The van der Waals surface area contributed by atoms with Gasteiger partial charge in [-0.1, -0.05) is 24.3 Å². The van der Waals surface area contributed by atoms with Crippen LogP contribution >= 0.6 is 0 Å². The summed E-state index contributed by atoms with van der Waals surface area (Å²) in [7, 11) is 0. The summed E-state index contributed by atoms with van der Waals surface area (Å²) in [5.74, 6) is 0.627. The molecule has 0 radical (unpaired) electrons. The predicted octanol–water partition coefficient (Wildman–Crippen LogP) is 3.90. The van der Waals surface area contributed by atoms with Crippen LogP contribution in [-0.2, 0) is 11.3 Å². The van der Waals surface area contributed by atoms with Crippen LogP contribution in [0.3, 0.4) is 0 Å². The van der Waals surface area contributed by atoms with Gasteiger partial charge >= 0.3 is 0 Å². The number of hydrogen-bond donors (Lipinski definition) is 0. The summed E-state index contributed by atoms with van der Waals surface area (Å²) in [5, 5.41) is 0. The van der Waals surface area contributed by atoms with Gasteiger partial charge in [-0.05, 0) is 43.2 Å². The molecule has 0 N–H and O–H groups in total. The third-order valence-electron chi connectivity index (χ3n) is 4.60. The first-order valence-corrected chi connectivity index (χ1v) is 9.00. The summed E-state index contributed by atoms with van der Waals surface area (Å²) in [6.07, 6.45) is 0.993. The van der Waals surface area contributed by atoms with Gasteiger partial charge in [-0.15, -0.1) is 0 Å². The minimum Gasteiger partial charge on any atom is -0.488 e. The summed E-state index contributed by atoms with van der Waals surface area (Å²) in [5.41, 5.74) is 1.40. The van der Waals surface area contributed by atoms with Crippen LogP contribution in [-0.4, -0.2) is 37.1 Å². The molecule has 5 heteroatoms. The van der Waals surface area contributed by atoms with Crippen molar-refractivity contribution in [2.75, 3.05) is 26.3 Å². The normalized spacial score (nSPS) is 16.5. The second kappa shape index (κ2) is 8.81. The first kappa shape index (κ1) is 18.4. The lowest BCUT2D eigenvalue weighted by molar-refractivity contribution is 0.0726. The van der Waals surface area contributed by atoms with Crippen molar-refractivity contribution in [3.8, 4) is 5.75 Å². The Labute approximate surface area is 153 Å². The van der Waals surface area contributed by atoms with E-state index in [0.29, 0.717) is 36.9 Å². The number of rotatable bonds is 7. The molecule has 0 bridgehead atoms. The van der Waals surface area contributed by atoms with Crippen LogP contribution in [0.15, 0.2) is 48.5 Å². The Morgan fingerprint density at radius 2 is 2.00 bits per heavy atom. The number of nitrogens with zero attached hydrogens (tertiary/aromatic N) is 1. The molecule has 2 aromatic rings. The van der Waals surface area contributed by atoms with E-state index in [-0.39, 0.29) is 18.3 Å². The highest BCUT2D eigenvalue weighted by Gasteiger charge is 2.24. The SMILES string of the molecule is CCN(CC1CCOC1)C(=O)c1ccccc1OCc1ccc(F)cc1. The number of carbonyl (C=O) groups excluding carboxylic acids is 1. The van der Waals surface area contributed by atoms with Gasteiger partial charge in [0, 0.05) is 25.6 Å². The molecule has 1 atom stereocenters. The molecule has 1 aliphatic rings. The van der Waals surface area contributed by atoms with Crippen molar-refractivity contribution >= 4 is 5.91 Å². The Bertz CT molecular complexity index is 726. The maximum Gasteiger partial charge on any atom is 0.257 e. The van der Waals surface area contributed by atoms with Crippen molar-refractivity contribution in [2.45, 2.75) is 20.0 Å². The van der Waals surface area contributed by atoms with Crippen LogP contribution in [0.4, 0.5) is 4.39 Å². The topological polar surface area (TPSA) is 38.8 Å². The number of hydrogen-bond acceptors (Lipinski definition) is 3. The molecule has 1 heterocycles. The fraction of sp³-hybridized carbons (Fsp3) is 0.381. The Hall–Kier alpha value is -2.40. The average molecular weight is 357 g/mol. The van der Waals surface area contributed by atoms with Crippen LogP contribution in [0.2, 0.25) is 0 Å². The Balaban J connectivity index is 1.70. The first-order chi connectivity index (χ1) is 12.7. The molecule has 1 fully saturated rings. The average Bonchev–Trinajstić information content (AvgIpc) is 3.18. The van der Waals surface area contributed by atoms with E-state index in [4.69, 9.17) is 9.47 Å². The van der Waals surface area contributed by atoms with Gasteiger partial charge in [-0.3, -0.25) is 4.79 Å². The van der Waals surface area contributed by atoms with Gasteiger partial charge in [0.2, 0.25) is 0 Å². The van der Waals surface area contributed by atoms with E-state index in [1.165, 1.54) is 12.1 Å².